The second-order valence-electron chi connectivity index (χ2n) is 6.76. The molecule has 2 N–H and O–H groups in total. The molecular weight excluding hydrogens is 330 g/mol. The first-order valence-electron chi connectivity index (χ1n) is 9.15. The van der Waals surface area contributed by atoms with E-state index in [2.05, 4.69) is 9.88 Å². The quantitative estimate of drug-likeness (QED) is 0.829. The molecule has 0 aliphatic carbocycles. The molecule has 1 atom stereocenters. The lowest BCUT2D eigenvalue weighted by Gasteiger charge is -2.24. The van der Waals surface area contributed by atoms with E-state index in [1.54, 1.807) is 12.3 Å². The fourth-order valence-corrected chi connectivity index (χ4v) is 3.25. The third kappa shape index (κ3) is 4.86. The number of aliphatic hydroxyl groups excluding tert-OH is 1. The third-order valence-electron chi connectivity index (χ3n) is 4.70. The standard InChI is InChI=1S/C20H27N3O3/c1-16-6-2-3-8-19(16)26-15-17(24)14-22-10-5-11-23(13-12-22)20(25)18-7-4-9-21-18/h2-4,6-9,17,21,24H,5,10-15H2,1H3. The van der Waals surface area contributed by atoms with Crippen LogP contribution in [0.1, 0.15) is 22.5 Å². The summed E-state index contributed by atoms with van der Waals surface area (Å²) < 4.78 is 5.73. The highest BCUT2D eigenvalue weighted by atomic mass is 16.5. The van der Waals surface area contributed by atoms with E-state index in [0.29, 0.717) is 18.8 Å². The van der Waals surface area contributed by atoms with Crippen molar-refractivity contribution in [1.82, 2.24) is 14.8 Å². The van der Waals surface area contributed by atoms with Crippen LogP contribution in [0.3, 0.4) is 0 Å². The van der Waals surface area contributed by atoms with Crippen molar-refractivity contribution in [2.75, 3.05) is 39.3 Å². The molecule has 1 unspecified atom stereocenters. The Morgan fingerprint density at radius 2 is 2.04 bits per heavy atom. The number of amides is 1. The Labute approximate surface area is 154 Å². The van der Waals surface area contributed by atoms with Crippen molar-refractivity contribution < 1.29 is 14.6 Å². The molecule has 1 saturated heterocycles. The number of nitrogens with one attached hydrogen (secondary N) is 1. The van der Waals surface area contributed by atoms with Gasteiger partial charge in [0, 0.05) is 32.4 Å². The Kier molecular flexibility index (Phi) is 6.30. The minimum atomic E-state index is -0.555. The highest BCUT2D eigenvalue weighted by Gasteiger charge is 2.22. The fraction of sp³-hybridized carbons (Fsp3) is 0.450. The van der Waals surface area contributed by atoms with Crippen LogP contribution in [-0.4, -0.2) is 71.2 Å². The molecule has 2 heterocycles. The first kappa shape index (κ1) is 18.5. The van der Waals surface area contributed by atoms with Gasteiger partial charge in [-0.15, -0.1) is 0 Å². The molecule has 1 aromatic carbocycles. The Morgan fingerprint density at radius 1 is 1.19 bits per heavy atom. The molecule has 0 spiro atoms. The molecule has 1 fully saturated rings. The summed E-state index contributed by atoms with van der Waals surface area (Å²) in [6, 6.07) is 11.4. The van der Waals surface area contributed by atoms with Crippen LogP contribution in [0.25, 0.3) is 0 Å². The van der Waals surface area contributed by atoms with Gasteiger partial charge in [-0.05, 0) is 43.7 Å². The van der Waals surface area contributed by atoms with Gasteiger partial charge in [0.25, 0.3) is 5.91 Å². The smallest absolute Gasteiger partial charge is 0.270 e. The Balaban J connectivity index is 1.45. The first-order chi connectivity index (χ1) is 12.6. The Bertz CT molecular complexity index is 702. The molecule has 1 aromatic heterocycles. The number of nitrogens with zero attached hydrogens (tertiary/aromatic N) is 2. The number of hydrogen-bond donors (Lipinski definition) is 2. The topological polar surface area (TPSA) is 68.8 Å². The molecule has 3 rings (SSSR count). The van der Waals surface area contributed by atoms with Crippen molar-refractivity contribution in [2.24, 2.45) is 0 Å². The Morgan fingerprint density at radius 3 is 2.81 bits per heavy atom. The van der Waals surface area contributed by atoms with E-state index < -0.39 is 6.10 Å². The zero-order valence-electron chi connectivity index (χ0n) is 15.2. The van der Waals surface area contributed by atoms with Crippen LogP contribution in [0, 0.1) is 6.92 Å². The van der Waals surface area contributed by atoms with Crippen molar-refractivity contribution in [3.8, 4) is 5.75 Å². The molecule has 0 bridgehead atoms. The predicted octanol–water partition coefficient (Wildman–Crippen LogP) is 1.91. The summed E-state index contributed by atoms with van der Waals surface area (Å²) in [7, 11) is 0. The summed E-state index contributed by atoms with van der Waals surface area (Å²) in [6.07, 6.45) is 2.11. The van der Waals surface area contributed by atoms with Crippen molar-refractivity contribution >= 4 is 5.91 Å². The number of benzene rings is 1. The van der Waals surface area contributed by atoms with Gasteiger partial charge in [0.05, 0.1) is 0 Å². The molecule has 2 aromatic rings. The van der Waals surface area contributed by atoms with Gasteiger partial charge in [0.15, 0.2) is 0 Å². The molecule has 1 aliphatic heterocycles. The third-order valence-corrected chi connectivity index (χ3v) is 4.70. The van der Waals surface area contributed by atoms with E-state index in [1.165, 1.54) is 0 Å². The lowest BCUT2D eigenvalue weighted by Crippen LogP contribution is -2.39. The van der Waals surface area contributed by atoms with Gasteiger partial charge < -0.3 is 19.7 Å². The second kappa shape index (κ2) is 8.87. The van der Waals surface area contributed by atoms with Gasteiger partial charge >= 0.3 is 0 Å². The monoisotopic (exact) mass is 357 g/mol. The van der Waals surface area contributed by atoms with E-state index in [9.17, 15) is 9.90 Å². The van der Waals surface area contributed by atoms with Gasteiger partial charge in [-0.2, -0.15) is 0 Å². The zero-order chi connectivity index (χ0) is 18.4. The second-order valence-corrected chi connectivity index (χ2v) is 6.76. The molecule has 1 aliphatic rings. The molecular formula is C20H27N3O3. The normalized spacial score (nSPS) is 16.9. The van der Waals surface area contributed by atoms with Crippen LogP contribution in [0.5, 0.6) is 5.75 Å². The molecule has 1 amide bonds. The molecule has 6 nitrogen and oxygen atoms in total. The van der Waals surface area contributed by atoms with E-state index in [0.717, 1.165) is 37.4 Å². The molecule has 0 radical (unpaired) electrons. The maximum absolute atomic E-state index is 12.4. The minimum Gasteiger partial charge on any atom is -0.491 e. The average molecular weight is 357 g/mol. The van der Waals surface area contributed by atoms with E-state index >= 15 is 0 Å². The van der Waals surface area contributed by atoms with E-state index in [-0.39, 0.29) is 12.5 Å². The van der Waals surface area contributed by atoms with Gasteiger partial charge in [-0.25, -0.2) is 0 Å². The number of aryl methyl sites for hydroxylation is 1. The van der Waals surface area contributed by atoms with Gasteiger partial charge in [0.2, 0.25) is 0 Å². The number of carbonyl (C=O) groups excluding carboxylic acids is 1. The maximum Gasteiger partial charge on any atom is 0.270 e. The summed E-state index contributed by atoms with van der Waals surface area (Å²) in [4.78, 5) is 19.5. The van der Waals surface area contributed by atoms with Crippen molar-refractivity contribution in [3.05, 3.63) is 53.9 Å². The van der Waals surface area contributed by atoms with Crippen molar-refractivity contribution in [1.29, 1.82) is 0 Å². The number of rotatable bonds is 6. The molecule has 6 heteroatoms. The van der Waals surface area contributed by atoms with Crippen LogP contribution in [0.2, 0.25) is 0 Å². The van der Waals surface area contributed by atoms with Crippen LogP contribution in [-0.2, 0) is 0 Å². The largest absolute Gasteiger partial charge is 0.491 e. The summed E-state index contributed by atoms with van der Waals surface area (Å²) in [5.41, 5.74) is 1.69. The van der Waals surface area contributed by atoms with Crippen molar-refractivity contribution in [3.63, 3.8) is 0 Å². The summed E-state index contributed by atoms with van der Waals surface area (Å²) in [5, 5.41) is 10.3. The number of ether oxygens (including phenoxy) is 1. The molecule has 140 valence electrons. The number of H-pyrrole nitrogens is 1. The summed E-state index contributed by atoms with van der Waals surface area (Å²) in [5.74, 6) is 0.852. The zero-order valence-corrected chi connectivity index (χ0v) is 15.2. The fourth-order valence-electron chi connectivity index (χ4n) is 3.25. The first-order valence-corrected chi connectivity index (χ1v) is 9.15. The van der Waals surface area contributed by atoms with Crippen LogP contribution < -0.4 is 4.74 Å². The van der Waals surface area contributed by atoms with Gasteiger partial charge in [-0.1, -0.05) is 18.2 Å². The number of β-amino-alcohol motifs (C(OH)–C–C–N with tert-alkyl or cyclic N) is 1. The van der Waals surface area contributed by atoms with Crippen LogP contribution >= 0.6 is 0 Å². The van der Waals surface area contributed by atoms with E-state index in [4.69, 9.17) is 4.74 Å². The maximum atomic E-state index is 12.4. The summed E-state index contributed by atoms with van der Waals surface area (Å²) >= 11 is 0. The lowest BCUT2D eigenvalue weighted by molar-refractivity contribution is 0.0667. The molecule has 0 saturated carbocycles. The highest BCUT2D eigenvalue weighted by molar-refractivity contribution is 5.92. The van der Waals surface area contributed by atoms with E-state index in [1.807, 2.05) is 42.2 Å². The minimum absolute atomic E-state index is 0.0419. The molecule has 26 heavy (non-hydrogen) atoms. The van der Waals surface area contributed by atoms with Gasteiger partial charge in [0.1, 0.15) is 24.2 Å². The number of aromatic amines is 1. The number of hydrogen-bond acceptors (Lipinski definition) is 4. The number of carbonyl (C=O) groups is 1. The van der Waals surface area contributed by atoms with Crippen LogP contribution in [0.4, 0.5) is 0 Å². The number of aromatic nitrogens is 1. The predicted molar refractivity (Wildman–Crippen MR) is 100 cm³/mol. The van der Waals surface area contributed by atoms with Crippen molar-refractivity contribution in [2.45, 2.75) is 19.4 Å². The number of para-hydroxylation sites is 1. The van der Waals surface area contributed by atoms with Gasteiger partial charge in [-0.3, -0.25) is 9.69 Å². The highest BCUT2D eigenvalue weighted by Crippen LogP contribution is 2.16. The Hall–Kier alpha value is -2.31. The lowest BCUT2D eigenvalue weighted by atomic mass is 10.2. The average Bonchev–Trinajstić information content (AvgIpc) is 3.08. The summed E-state index contributed by atoms with van der Waals surface area (Å²) in [6.45, 7) is 5.85. The van der Waals surface area contributed by atoms with Crippen LogP contribution in [0.15, 0.2) is 42.6 Å². The number of aliphatic hydroxyl groups is 1. The SMILES string of the molecule is Cc1ccccc1OCC(O)CN1CCCN(C(=O)c2ccc[nH]2)CC1.